The maximum Gasteiger partial charge on any atom is 0.225 e. The molecular formula is C11H23NO3S. The third kappa shape index (κ3) is 6.82. The molecule has 0 aliphatic carbocycles. The molecular weight excluding hydrogens is 226 g/mol. The summed E-state index contributed by atoms with van der Waals surface area (Å²) in [6.07, 6.45) is 1.19. The lowest BCUT2D eigenvalue weighted by molar-refractivity contribution is -0.134. The minimum absolute atomic E-state index is 0.0253. The molecule has 0 fully saturated rings. The van der Waals surface area contributed by atoms with Crippen LogP contribution in [0.4, 0.5) is 0 Å². The van der Waals surface area contributed by atoms with E-state index in [1.807, 2.05) is 27.7 Å². The molecule has 0 bridgehead atoms. The molecule has 0 aromatic heterocycles. The van der Waals surface area contributed by atoms with Crippen LogP contribution in [-0.2, 0) is 14.6 Å². The fourth-order valence-corrected chi connectivity index (χ4v) is 1.93. The first-order valence-corrected chi connectivity index (χ1v) is 7.66. The van der Waals surface area contributed by atoms with Gasteiger partial charge in [-0.1, -0.05) is 27.7 Å². The summed E-state index contributed by atoms with van der Waals surface area (Å²) in [5.74, 6) is 0.330. The van der Waals surface area contributed by atoms with Gasteiger partial charge < -0.3 is 4.90 Å². The summed E-state index contributed by atoms with van der Waals surface area (Å²) >= 11 is 0. The molecule has 0 unspecified atom stereocenters. The summed E-state index contributed by atoms with van der Waals surface area (Å²) in [5, 5.41) is 0. The van der Waals surface area contributed by atoms with Crippen molar-refractivity contribution in [2.75, 3.05) is 25.1 Å². The van der Waals surface area contributed by atoms with Crippen molar-refractivity contribution in [3.8, 4) is 0 Å². The zero-order valence-electron chi connectivity index (χ0n) is 10.9. The molecule has 0 saturated carbocycles. The van der Waals surface area contributed by atoms with Crippen LogP contribution >= 0.6 is 0 Å². The molecule has 0 aliphatic heterocycles. The van der Waals surface area contributed by atoms with E-state index in [4.69, 9.17) is 0 Å². The van der Waals surface area contributed by atoms with Crippen LogP contribution in [0.25, 0.3) is 0 Å². The highest BCUT2D eigenvalue weighted by Crippen LogP contribution is 2.06. The van der Waals surface area contributed by atoms with Crippen molar-refractivity contribution in [2.24, 2.45) is 11.8 Å². The summed E-state index contributed by atoms with van der Waals surface area (Å²) in [6.45, 7) is 8.61. The van der Waals surface area contributed by atoms with Crippen molar-refractivity contribution in [1.82, 2.24) is 4.90 Å². The van der Waals surface area contributed by atoms with Crippen molar-refractivity contribution in [1.29, 1.82) is 0 Å². The Morgan fingerprint density at radius 1 is 1.19 bits per heavy atom. The number of hydrogen-bond donors (Lipinski definition) is 0. The molecule has 96 valence electrons. The van der Waals surface area contributed by atoms with Gasteiger partial charge >= 0.3 is 0 Å². The molecule has 0 saturated heterocycles. The van der Waals surface area contributed by atoms with Crippen LogP contribution in [0.1, 0.15) is 27.7 Å². The number of rotatable bonds is 6. The minimum atomic E-state index is -3.01. The Kier molecular flexibility index (Phi) is 6.00. The highest BCUT2D eigenvalue weighted by molar-refractivity contribution is 7.90. The second-order valence-corrected chi connectivity index (χ2v) is 7.22. The SMILES string of the molecule is CC(C)CN(CCS(C)(=O)=O)C(=O)C(C)C. The van der Waals surface area contributed by atoms with E-state index in [0.717, 1.165) is 0 Å². The van der Waals surface area contributed by atoms with Crippen LogP contribution in [0.3, 0.4) is 0 Å². The van der Waals surface area contributed by atoms with Gasteiger partial charge in [0.15, 0.2) is 0 Å². The van der Waals surface area contributed by atoms with Gasteiger partial charge in [0.25, 0.3) is 0 Å². The largest absolute Gasteiger partial charge is 0.341 e. The molecule has 0 spiro atoms. The Morgan fingerprint density at radius 2 is 1.69 bits per heavy atom. The first-order chi connectivity index (χ1) is 7.13. The number of carbonyl (C=O) groups excluding carboxylic acids is 1. The van der Waals surface area contributed by atoms with Crippen LogP contribution in [0.2, 0.25) is 0 Å². The fourth-order valence-electron chi connectivity index (χ4n) is 1.37. The van der Waals surface area contributed by atoms with Gasteiger partial charge in [-0.15, -0.1) is 0 Å². The molecule has 0 N–H and O–H groups in total. The minimum Gasteiger partial charge on any atom is -0.341 e. The van der Waals surface area contributed by atoms with E-state index in [1.165, 1.54) is 6.26 Å². The summed E-state index contributed by atoms with van der Waals surface area (Å²) in [4.78, 5) is 13.5. The molecule has 0 heterocycles. The normalized spacial score (nSPS) is 12.2. The first-order valence-electron chi connectivity index (χ1n) is 5.60. The fraction of sp³-hybridized carbons (Fsp3) is 0.909. The first kappa shape index (κ1) is 15.4. The van der Waals surface area contributed by atoms with E-state index >= 15 is 0 Å². The van der Waals surface area contributed by atoms with E-state index in [0.29, 0.717) is 19.0 Å². The van der Waals surface area contributed by atoms with Crippen LogP contribution in [-0.4, -0.2) is 44.3 Å². The average molecular weight is 249 g/mol. The van der Waals surface area contributed by atoms with Crippen molar-refractivity contribution in [3.05, 3.63) is 0 Å². The third-order valence-corrected chi connectivity index (χ3v) is 3.05. The summed E-state index contributed by atoms with van der Waals surface area (Å²) in [5.41, 5.74) is 0. The molecule has 0 aromatic rings. The van der Waals surface area contributed by atoms with Gasteiger partial charge in [0.05, 0.1) is 5.75 Å². The monoisotopic (exact) mass is 249 g/mol. The zero-order chi connectivity index (χ0) is 12.9. The quantitative estimate of drug-likeness (QED) is 0.710. The highest BCUT2D eigenvalue weighted by atomic mass is 32.2. The Hall–Kier alpha value is -0.580. The zero-order valence-corrected chi connectivity index (χ0v) is 11.7. The summed E-state index contributed by atoms with van der Waals surface area (Å²) in [7, 11) is -3.01. The molecule has 5 heteroatoms. The smallest absolute Gasteiger partial charge is 0.225 e. The van der Waals surface area contributed by atoms with E-state index in [9.17, 15) is 13.2 Å². The summed E-state index contributed by atoms with van der Waals surface area (Å²) < 4.78 is 22.2. The van der Waals surface area contributed by atoms with Gasteiger partial charge in [-0.3, -0.25) is 4.79 Å². The number of sulfone groups is 1. The second-order valence-electron chi connectivity index (χ2n) is 4.96. The lowest BCUT2D eigenvalue weighted by atomic mass is 10.1. The van der Waals surface area contributed by atoms with Gasteiger partial charge in [-0.25, -0.2) is 8.42 Å². The van der Waals surface area contributed by atoms with Gasteiger partial charge in [0.2, 0.25) is 5.91 Å². The standard InChI is InChI=1S/C11H23NO3S/c1-9(2)8-12(11(13)10(3)4)6-7-16(5,14)15/h9-10H,6-8H2,1-5H3. The third-order valence-electron chi connectivity index (χ3n) is 2.12. The van der Waals surface area contributed by atoms with Crippen molar-refractivity contribution in [3.63, 3.8) is 0 Å². The number of carbonyl (C=O) groups is 1. The van der Waals surface area contributed by atoms with E-state index in [-0.39, 0.29) is 17.6 Å². The van der Waals surface area contributed by atoms with E-state index in [1.54, 1.807) is 4.90 Å². The molecule has 0 radical (unpaired) electrons. The number of amides is 1. The lowest BCUT2D eigenvalue weighted by Gasteiger charge is -2.26. The highest BCUT2D eigenvalue weighted by Gasteiger charge is 2.19. The van der Waals surface area contributed by atoms with Gasteiger partial charge in [0.1, 0.15) is 9.84 Å². The molecule has 0 aromatic carbocycles. The second kappa shape index (κ2) is 6.23. The predicted molar refractivity (Wildman–Crippen MR) is 66.0 cm³/mol. The average Bonchev–Trinajstić information content (AvgIpc) is 2.08. The van der Waals surface area contributed by atoms with Gasteiger partial charge in [-0.05, 0) is 5.92 Å². The maximum atomic E-state index is 11.8. The Bertz CT molecular complexity index is 320. The lowest BCUT2D eigenvalue weighted by Crippen LogP contribution is -2.39. The van der Waals surface area contributed by atoms with Crippen molar-refractivity contribution in [2.45, 2.75) is 27.7 Å². The van der Waals surface area contributed by atoms with Crippen LogP contribution in [0, 0.1) is 11.8 Å². The maximum absolute atomic E-state index is 11.8. The molecule has 0 aliphatic rings. The molecule has 1 amide bonds. The van der Waals surface area contributed by atoms with Crippen LogP contribution in [0.15, 0.2) is 0 Å². The molecule has 0 rings (SSSR count). The topological polar surface area (TPSA) is 54.5 Å². The molecule has 4 nitrogen and oxygen atoms in total. The van der Waals surface area contributed by atoms with E-state index < -0.39 is 9.84 Å². The number of nitrogens with zero attached hydrogens (tertiary/aromatic N) is 1. The van der Waals surface area contributed by atoms with Crippen molar-refractivity contribution >= 4 is 15.7 Å². The Morgan fingerprint density at radius 3 is 2.00 bits per heavy atom. The van der Waals surface area contributed by atoms with Crippen molar-refractivity contribution < 1.29 is 13.2 Å². The predicted octanol–water partition coefficient (Wildman–Crippen LogP) is 1.17. The van der Waals surface area contributed by atoms with Crippen LogP contribution < -0.4 is 0 Å². The molecule has 0 atom stereocenters. The molecule has 16 heavy (non-hydrogen) atoms. The van der Waals surface area contributed by atoms with Crippen LogP contribution in [0.5, 0.6) is 0 Å². The van der Waals surface area contributed by atoms with E-state index in [2.05, 4.69) is 0 Å². The van der Waals surface area contributed by atoms with Gasteiger partial charge in [-0.2, -0.15) is 0 Å². The summed E-state index contributed by atoms with van der Waals surface area (Å²) in [6, 6.07) is 0. The Labute approximate surface area is 98.9 Å². The number of hydrogen-bond acceptors (Lipinski definition) is 3. The Balaban J connectivity index is 4.50. The van der Waals surface area contributed by atoms with Gasteiger partial charge in [0, 0.05) is 25.3 Å².